The van der Waals surface area contributed by atoms with Gasteiger partial charge >= 0.3 is 0 Å². The minimum atomic E-state index is 0.643. The third-order valence-electron chi connectivity index (χ3n) is 2.62. The monoisotopic (exact) mass is 265 g/mol. The molecule has 0 radical (unpaired) electrons. The summed E-state index contributed by atoms with van der Waals surface area (Å²) in [5.41, 5.74) is 1.32. The second-order valence-corrected chi connectivity index (χ2v) is 4.49. The summed E-state index contributed by atoms with van der Waals surface area (Å²) in [7, 11) is 0. The summed E-state index contributed by atoms with van der Waals surface area (Å²) in [4.78, 5) is 0. The van der Waals surface area contributed by atoms with Crippen molar-refractivity contribution in [2.75, 3.05) is 13.1 Å². The number of allylic oxidation sites excluding steroid dienone is 6. The fraction of sp³-hybridized carbons (Fsp3) is 0.667. The predicted molar refractivity (Wildman–Crippen MR) is 90.6 cm³/mol. The van der Waals surface area contributed by atoms with Gasteiger partial charge in [0.05, 0.1) is 0 Å². The van der Waals surface area contributed by atoms with E-state index in [9.17, 15) is 0 Å². The highest BCUT2D eigenvalue weighted by atomic mass is 14.8. The van der Waals surface area contributed by atoms with Gasteiger partial charge in [-0.05, 0) is 50.8 Å². The van der Waals surface area contributed by atoms with E-state index in [4.69, 9.17) is 0 Å². The van der Waals surface area contributed by atoms with E-state index in [1.54, 1.807) is 0 Å². The minimum absolute atomic E-state index is 0.643. The van der Waals surface area contributed by atoms with Crippen LogP contribution in [0, 0.1) is 5.92 Å². The quantitative estimate of drug-likeness (QED) is 0.428. The molecular formula is C18H35N. The molecule has 0 aliphatic carbocycles. The van der Waals surface area contributed by atoms with E-state index in [1.807, 2.05) is 13.8 Å². The van der Waals surface area contributed by atoms with Crippen LogP contribution < -0.4 is 5.32 Å². The van der Waals surface area contributed by atoms with Gasteiger partial charge in [0.2, 0.25) is 0 Å². The molecule has 0 aromatic rings. The van der Waals surface area contributed by atoms with Crippen LogP contribution in [0.25, 0.3) is 0 Å². The van der Waals surface area contributed by atoms with Crippen molar-refractivity contribution < 1.29 is 0 Å². The summed E-state index contributed by atoms with van der Waals surface area (Å²) >= 11 is 0. The molecule has 1 unspecified atom stereocenters. The summed E-state index contributed by atoms with van der Waals surface area (Å²) in [6, 6.07) is 0. The molecule has 1 N–H and O–H groups in total. The fourth-order valence-electron chi connectivity index (χ4n) is 1.62. The summed E-state index contributed by atoms with van der Waals surface area (Å²) in [6.07, 6.45) is 14.6. The Morgan fingerprint density at radius 2 is 1.79 bits per heavy atom. The smallest absolute Gasteiger partial charge is 0.00434 e. The van der Waals surface area contributed by atoms with Crippen LogP contribution in [0.5, 0.6) is 0 Å². The molecule has 0 amide bonds. The van der Waals surface area contributed by atoms with E-state index in [0.717, 1.165) is 19.5 Å². The average molecular weight is 265 g/mol. The Balaban J connectivity index is 0. The van der Waals surface area contributed by atoms with Crippen molar-refractivity contribution >= 4 is 0 Å². The highest BCUT2D eigenvalue weighted by Gasteiger charge is 1.96. The molecule has 0 aliphatic rings. The molecule has 0 aromatic heterocycles. The highest BCUT2D eigenvalue weighted by Crippen LogP contribution is 2.07. The Labute approximate surface area is 121 Å². The van der Waals surface area contributed by atoms with E-state index in [2.05, 4.69) is 63.4 Å². The van der Waals surface area contributed by atoms with Crippen molar-refractivity contribution in [3.05, 3.63) is 36.0 Å². The second kappa shape index (κ2) is 17.2. The van der Waals surface area contributed by atoms with E-state index >= 15 is 0 Å². The van der Waals surface area contributed by atoms with E-state index < -0.39 is 0 Å². The molecule has 0 aliphatic heterocycles. The molecule has 0 rings (SSSR count). The van der Waals surface area contributed by atoms with Gasteiger partial charge in [-0.1, -0.05) is 65.0 Å². The topological polar surface area (TPSA) is 12.0 Å². The van der Waals surface area contributed by atoms with Crippen molar-refractivity contribution in [3.63, 3.8) is 0 Å². The Hall–Kier alpha value is -0.820. The number of rotatable bonds is 9. The van der Waals surface area contributed by atoms with Crippen molar-refractivity contribution in [2.45, 2.75) is 60.8 Å². The van der Waals surface area contributed by atoms with Crippen LogP contribution in [0.2, 0.25) is 0 Å². The molecule has 19 heavy (non-hydrogen) atoms. The Kier molecular flexibility index (Phi) is 18.5. The molecule has 0 saturated heterocycles. The summed E-state index contributed by atoms with van der Waals surface area (Å²) in [5.74, 6) is 0.643. The first-order chi connectivity index (χ1) is 9.24. The lowest BCUT2D eigenvalue weighted by atomic mass is 10.1. The Morgan fingerprint density at radius 1 is 1.11 bits per heavy atom. The van der Waals surface area contributed by atoms with Crippen LogP contribution in [0.4, 0.5) is 0 Å². The normalized spacial score (nSPS) is 13.7. The third kappa shape index (κ3) is 15.1. The maximum absolute atomic E-state index is 3.44. The average Bonchev–Trinajstić information content (AvgIpc) is 2.44. The van der Waals surface area contributed by atoms with Gasteiger partial charge in [0.1, 0.15) is 0 Å². The van der Waals surface area contributed by atoms with Gasteiger partial charge in [-0.3, -0.25) is 0 Å². The molecule has 0 heterocycles. The third-order valence-corrected chi connectivity index (χ3v) is 2.62. The molecule has 0 bridgehead atoms. The largest absolute Gasteiger partial charge is 0.317 e. The first-order valence-electron chi connectivity index (χ1n) is 7.96. The van der Waals surface area contributed by atoms with E-state index in [1.165, 1.54) is 18.4 Å². The zero-order valence-electron chi connectivity index (χ0n) is 14.0. The van der Waals surface area contributed by atoms with Gasteiger partial charge in [-0.2, -0.15) is 0 Å². The lowest BCUT2D eigenvalue weighted by Gasteiger charge is -2.07. The summed E-state index contributed by atoms with van der Waals surface area (Å²) < 4.78 is 0. The van der Waals surface area contributed by atoms with Crippen LogP contribution in [-0.4, -0.2) is 13.1 Å². The molecule has 1 heteroatoms. The van der Waals surface area contributed by atoms with Gasteiger partial charge in [-0.15, -0.1) is 0 Å². The second-order valence-electron chi connectivity index (χ2n) is 4.49. The van der Waals surface area contributed by atoms with Crippen molar-refractivity contribution in [1.82, 2.24) is 5.32 Å². The molecule has 1 nitrogen and oxygen atoms in total. The Bertz CT molecular complexity index is 248. The molecule has 1 atom stereocenters. The SMILES string of the molecule is CC.C\C=C/C(/C=C\C(C)CCNCCC)=C\CC. The van der Waals surface area contributed by atoms with Crippen LogP contribution in [0.3, 0.4) is 0 Å². The number of hydrogen-bond acceptors (Lipinski definition) is 1. The molecule has 112 valence electrons. The summed E-state index contributed by atoms with van der Waals surface area (Å²) in [6.45, 7) is 15.0. The van der Waals surface area contributed by atoms with Gasteiger partial charge in [0, 0.05) is 0 Å². The molecule has 0 spiro atoms. The number of hydrogen-bond donors (Lipinski definition) is 1. The van der Waals surface area contributed by atoms with Crippen LogP contribution in [0.1, 0.15) is 60.8 Å². The summed E-state index contributed by atoms with van der Waals surface area (Å²) in [5, 5.41) is 3.44. The minimum Gasteiger partial charge on any atom is -0.317 e. The molecule has 0 fully saturated rings. The standard InChI is InChI=1S/C16H29N.C2H6/c1-5-8-16(9-6-2)11-10-15(4)12-14-17-13-7-3;1-2/h5,8-11,15,17H,6-7,12-14H2,1-4H3;1-2H3/b8-5-,11-10-,16-9+;. The Morgan fingerprint density at radius 3 is 2.32 bits per heavy atom. The maximum atomic E-state index is 3.44. The molecule has 0 saturated carbocycles. The first-order valence-corrected chi connectivity index (χ1v) is 7.96. The predicted octanol–water partition coefficient (Wildman–Crippen LogP) is 5.51. The van der Waals surface area contributed by atoms with Gasteiger partial charge < -0.3 is 5.32 Å². The van der Waals surface area contributed by atoms with Crippen LogP contribution in [0.15, 0.2) is 36.0 Å². The fourth-order valence-corrected chi connectivity index (χ4v) is 1.62. The van der Waals surface area contributed by atoms with Gasteiger partial charge in [0.15, 0.2) is 0 Å². The maximum Gasteiger partial charge on any atom is -0.00434 e. The zero-order valence-corrected chi connectivity index (χ0v) is 14.0. The lowest BCUT2D eigenvalue weighted by Crippen LogP contribution is -2.17. The van der Waals surface area contributed by atoms with Crippen molar-refractivity contribution in [1.29, 1.82) is 0 Å². The van der Waals surface area contributed by atoms with Crippen LogP contribution >= 0.6 is 0 Å². The zero-order chi connectivity index (χ0) is 14.9. The van der Waals surface area contributed by atoms with Gasteiger partial charge in [0.25, 0.3) is 0 Å². The van der Waals surface area contributed by atoms with Gasteiger partial charge in [-0.25, -0.2) is 0 Å². The molecule has 0 aromatic carbocycles. The van der Waals surface area contributed by atoms with E-state index in [0.29, 0.717) is 5.92 Å². The van der Waals surface area contributed by atoms with Crippen molar-refractivity contribution in [3.8, 4) is 0 Å². The lowest BCUT2D eigenvalue weighted by molar-refractivity contribution is 0.572. The molecular weight excluding hydrogens is 230 g/mol. The van der Waals surface area contributed by atoms with Crippen LogP contribution in [-0.2, 0) is 0 Å². The highest BCUT2D eigenvalue weighted by molar-refractivity contribution is 5.30. The van der Waals surface area contributed by atoms with E-state index in [-0.39, 0.29) is 0 Å². The first kappa shape index (κ1) is 20.5. The number of nitrogens with one attached hydrogen (secondary N) is 1. The van der Waals surface area contributed by atoms with Crippen molar-refractivity contribution in [2.24, 2.45) is 5.92 Å².